The van der Waals surface area contributed by atoms with Gasteiger partial charge < -0.3 is 10.6 Å². The molecule has 2 N–H and O–H groups in total. The van der Waals surface area contributed by atoms with E-state index in [4.69, 9.17) is 0 Å². The van der Waals surface area contributed by atoms with Crippen LogP contribution in [0.3, 0.4) is 0 Å². The first-order chi connectivity index (χ1) is 9.81. The molecule has 4 unspecified atom stereocenters. The first-order valence-corrected chi connectivity index (χ1v) is 7.99. The van der Waals surface area contributed by atoms with Crippen molar-refractivity contribution in [3.05, 3.63) is 29.3 Å². The van der Waals surface area contributed by atoms with Gasteiger partial charge in [-0.25, -0.2) is 0 Å². The van der Waals surface area contributed by atoms with Gasteiger partial charge in [0.05, 0.1) is 0 Å². The zero-order valence-electron chi connectivity index (χ0n) is 11.6. The summed E-state index contributed by atoms with van der Waals surface area (Å²) < 4.78 is 0. The van der Waals surface area contributed by atoms with Gasteiger partial charge in [-0.2, -0.15) is 0 Å². The van der Waals surface area contributed by atoms with Gasteiger partial charge in [0.15, 0.2) is 0 Å². The largest absolute Gasteiger partial charge is 0.384 e. The van der Waals surface area contributed by atoms with E-state index in [0.29, 0.717) is 6.04 Å². The van der Waals surface area contributed by atoms with Crippen LogP contribution in [0.1, 0.15) is 35.2 Å². The van der Waals surface area contributed by atoms with Crippen LogP contribution in [0.2, 0.25) is 0 Å². The molecule has 4 aliphatic rings. The second-order valence-electron chi connectivity index (χ2n) is 7.04. The van der Waals surface area contributed by atoms with Crippen molar-refractivity contribution in [2.45, 2.75) is 31.7 Å². The molecule has 104 valence electrons. The fourth-order valence-corrected chi connectivity index (χ4v) is 5.19. The van der Waals surface area contributed by atoms with Gasteiger partial charge in [-0.1, -0.05) is 6.07 Å². The zero-order chi connectivity index (χ0) is 13.3. The number of carbonyl (C=O) groups excluding carboxylic acids is 1. The summed E-state index contributed by atoms with van der Waals surface area (Å²) in [6, 6.07) is 6.58. The number of fused-ring (bicyclic) bond motifs is 6. The van der Waals surface area contributed by atoms with Gasteiger partial charge in [0.2, 0.25) is 0 Å². The molecule has 1 aliphatic heterocycles. The monoisotopic (exact) mass is 268 g/mol. The highest BCUT2D eigenvalue weighted by atomic mass is 16.1. The number of benzene rings is 1. The van der Waals surface area contributed by atoms with Crippen molar-refractivity contribution in [2.75, 3.05) is 11.9 Å². The summed E-state index contributed by atoms with van der Waals surface area (Å²) in [4.78, 5) is 12.4. The Balaban J connectivity index is 1.32. The molecule has 3 saturated carbocycles. The number of nitrogens with one attached hydrogen (secondary N) is 2. The van der Waals surface area contributed by atoms with Gasteiger partial charge >= 0.3 is 0 Å². The summed E-state index contributed by atoms with van der Waals surface area (Å²) in [6.45, 7) is 0.997. The molecule has 5 rings (SSSR count). The van der Waals surface area contributed by atoms with Crippen LogP contribution in [0.4, 0.5) is 5.69 Å². The Labute approximate surface area is 119 Å². The second-order valence-corrected chi connectivity index (χ2v) is 7.04. The number of carbonyl (C=O) groups is 1. The smallest absolute Gasteiger partial charge is 0.251 e. The third kappa shape index (κ3) is 1.44. The van der Waals surface area contributed by atoms with Crippen LogP contribution >= 0.6 is 0 Å². The van der Waals surface area contributed by atoms with E-state index in [0.717, 1.165) is 47.9 Å². The Morgan fingerprint density at radius 1 is 1.20 bits per heavy atom. The Morgan fingerprint density at radius 3 is 2.80 bits per heavy atom. The van der Waals surface area contributed by atoms with Gasteiger partial charge in [0, 0.05) is 23.8 Å². The molecule has 3 aliphatic carbocycles. The summed E-state index contributed by atoms with van der Waals surface area (Å²) in [5.41, 5.74) is 3.30. The number of hydrogen-bond donors (Lipinski definition) is 2. The van der Waals surface area contributed by atoms with E-state index in [9.17, 15) is 4.79 Å². The fourth-order valence-electron chi connectivity index (χ4n) is 5.19. The minimum absolute atomic E-state index is 0.125. The molecule has 3 fully saturated rings. The Kier molecular flexibility index (Phi) is 2.11. The molecular weight excluding hydrogens is 248 g/mol. The van der Waals surface area contributed by atoms with Crippen molar-refractivity contribution < 1.29 is 4.79 Å². The van der Waals surface area contributed by atoms with Gasteiger partial charge in [-0.05, 0) is 67.1 Å². The predicted molar refractivity (Wildman–Crippen MR) is 77.7 cm³/mol. The van der Waals surface area contributed by atoms with Crippen molar-refractivity contribution >= 4 is 11.6 Å². The number of anilines is 1. The highest BCUT2D eigenvalue weighted by Gasteiger charge is 2.65. The summed E-state index contributed by atoms with van der Waals surface area (Å²) in [5, 5.41) is 6.65. The highest BCUT2D eigenvalue weighted by molar-refractivity contribution is 5.96. The van der Waals surface area contributed by atoms with E-state index in [-0.39, 0.29) is 5.91 Å². The summed E-state index contributed by atoms with van der Waals surface area (Å²) in [7, 11) is 0. The van der Waals surface area contributed by atoms with E-state index >= 15 is 0 Å². The lowest BCUT2D eigenvalue weighted by Gasteiger charge is -2.11. The van der Waals surface area contributed by atoms with Crippen molar-refractivity contribution in [3.8, 4) is 0 Å². The summed E-state index contributed by atoms with van der Waals surface area (Å²) >= 11 is 0. The average Bonchev–Trinajstić information content (AvgIpc) is 2.92. The first kappa shape index (κ1) is 11.2. The minimum Gasteiger partial charge on any atom is -0.384 e. The SMILES string of the molecule is O=C(NC1C2C3CCC(C3)C12)c1ccc2c(c1)NCC2. The Bertz CT molecular complexity index is 581. The van der Waals surface area contributed by atoms with Crippen molar-refractivity contribution in [2.24, 2.45) is 23.7 Å². The van der Waals surface area contributed by atoms with Gasteiger partial charge in [0.25, 0.3) is 5.91 Å². The molecule has 2 bridgehead atoms. The molecule has 3 nitrogen and oxygen atoms in total. The molecule has 1 amide bonds. The van der Waals surface area contributed by atoms with Crippen LogP contribution < -0.4 is 10.6 Å². The molecular formula is C17H20N2O. The Morgan fingerprint density at radius 2 is 2.00 bits per heavy atom. The maximum absolute atomic E-state index is 12.4. The molecule has 0 saturated heterocycles. The van der Waals surface area contributed by atoms with Crippen LogP contribution in [-0.2, 0) is 6.42 Å². The van der Waals surface area contributed by atoms with Crippen molar-refractivity contribution in [1.82, 2.24) is 5.32 Å². The van der Waals surface area contributed by atoms with E-state index in [1.807, 2.05) is 12.1 Å². The van der Waals surface area contributed by atoms with Gasteiger partial charge in [-0.3, -0.25) is 4.79 Å². The topological polar surface area (TPSA) is 41.1 Å². The van der Waals surface area contributed by atoms with E-state index in [1.165, 1.54) is 24.8 Å². The van der Waals surface area contributed by atoms with Crippen molar-refractivity contribution in [1.29, 1.82) is 0 Å². The summed E-state index contributed by atoms with van der Waals surface area (Å²) in [5.74, 6) is 3.57. The molecule has 0 aromatic heterocycles. The predicted octanol–water partition coefficient (Wildman–Crippen LogP) is 2.43. The minimum atomic E-state index is 0.125. The second kappa shape index (κ2) is 3.78. The molecule has 1 aromatic carbocycles. The van der Waals surface area contributed by atoms with Gasteiger partial charge in [-0.15, -0.1) is 0 Å². The van der Waals surface area contributed by atoms with Crippen LogP contribution in [0.15, 0.2) is 18.2 Å². The van der Waals surface area contributed by atoms with Crippen molar-refractivity contribution in [3.63, 3.8) is 0 Å². The standard InChI is InChI=1S/C17H20N2O/c20-17(12-4-1-9-5-6-18-13(9)8-12)19-16-14-10-2-3-11(7-10)15(14)16/h1,4,8,10-11,14-16,18H,2-3,5-7H2,(H,19,20). The van der Waals surface area contributed by atoms with E-state index in [1.54, 1.807) is 0 Å². The summed E-state index contributed by atoms with van der Waals surface area (Å²) in [6.07, 6.45) is 5.32. The Hall–Kier alpha value is -1.51. The molecule has 1 heterocycles. The number of hydrogen-bond acceptors (Lipinski definition) is 2. The molecule has 4 atom stereocenters. The lowest BCUT2D eigenvalue weighted by molar-refractivity contribution is 0.0944. The normalized spacial score (nSPS) is 39.1. The first-order valence-electron chi connectivity index (χ1n) is 7.99. The third-order valence-electron chi connectivity index (χ3n) is 6.11. The lowest BCUT2D eigenvalue weighted by Crippen LogP contribution is -2.29. The lowest BCUT2D eigenvalue weighted by atomic mass is 10.0. The van der Waals surface area contributed by atoms with Gasteiger partial charge in [0.1, 0.15) is 0 Å². The number of amides is 1. The zero-order valence-corrected chi connectivity index (χ0v) is 11.6. The average molecular weight is 268 g/mol. The molecule has 20 heavy (non-hydrogen) atoms. The van der Waals surface area contributed by atoms with Crippen LogP contribution in [0, 0.1) is 23.7 Å². The fraction of sp³-hybridized carbons (Fsp3) is 0.588. The maximum Gasteiger partial charge on any atom is 0.251 e. The van der Waals surface area contributed by atoms with E-state index in [2.05, 4.69) is 16.7 Å². The highest BCUT2D eigenvalue weighted by Crippen LogP contribution is 2.65. The van der Waals surface area contributed by atoms with Crippen LogP contribution in [-0.4, -0.2) is 18.5 Å². The van der Waals surface area contributed by atoms with E-state index < -0.39 is 0 Å². The molecule has 3 heteroatoms. The third-order valence-corrected chi connectivity index (χ3v) is 6.11. The van der Waals surface area contributed by atoms with Crippen LogP contribution in [0.25, 0.3) is 0 Å². The number of rotatable bonds is 2. The van der Waals surface area contributed by atoms with Crippen LogP contribution in [0.5, 0.6) is 0 Å². The maximum atomic E-state index is 12.4. The molecule has 1 aromatic rings. The molecule has 0 spiro atoms. The molecule has 0 radical (unpaired) electrons. The quantitative estimate of drug-likeness (QED) is 0.865.